The number of hydrogen-bond acceptors (Lipinski definition) is 1. The fourth-order valence-electron chi connectivity index (χ4n) is 9.77. The van der Waals surface area contributed by atoms with Gasteiger partial charge in [-0.15, -0.1) is 0 Å². The Labute approximate surface area is 373 Å². The molecule has 300 valence electrons. The largest absolute Gasteiger partial charge is 0.308 e. The van der Waals surface area contributed by atoms with E-state index in [4.69, 9.17) is 0 Å². The Hall–Kier alpha value is -8.46. The highest BCUT2D eigenvalue weighted by Crippen LogP contribution is 2.48. The summed E-state index contributed by atoms with van der Waals surface area (Å²) < 4.78 is 2.45. The summed E-state index contributed by atoms with van der Waals surface area (Å²) >= 11 is 0. The normalized spacial score (nSPS) is 11.4. The maximum Gasteiger partial charge on any atom is 0.0702 e. The van der Waals surface area contributed by atoms with Crippen LogP contribution in [0.4, 0.5) is 17.1 Å². The van der Waals surface area contributed by atoms with Gasteiger partial charge in [0.2, 0.25) is 0 Å². The Morgan fingerprint density at radius 3 is 1.36 bits per heavy atom. The lowest BCUT2D eigenvalue weighted by Crippen LogP contribution is -2.14. The summed E-state index contributed by atoms with van der Waals surface area (Å²) in [6, 6.07) is 92.9. The van der Waals surface area contributed by atoms with E-state index in [-0.39, 0.29) is 0 Å². The topological polar surface area (TPSA) is 8.17 Å². The summed E-state index contributed by atoms with van der Waals surface area (Å²) in [6.45, 7) is 0. The van der Waals surface area contributed by atoms with Gasteiger partial charge in [-0.2, -0.15) is 0 Å². The summed E-state index contributed by atoms with van der Waals surface area (Å²) in [5.74, 6) is 0. The monoisotopic (exact) mass is 814 g/mol. The molecule has 0 atom stereocenters. The van der Waals surface area contributed by atoms with Crippen molar-refractivity contribution in [3.63, 3.8) is 0 Å². The van der Waals surface area contributed by atoms with Crippen molar-refractivity contribution in [1.82, 2.24) is 4.57 Å². The van der Waals surface area contributed by atoms with Crippen LogP contribution in [0, 0.1) is 0 Å². The minimum atomic E-state index is 1.06. The lowest BCUT2D eigenvalue weighted by Gasteiger charge is -2.31. The fraction of sp³-hybridized carbons (Fsp3) is 0. The number of anilines is 3. The molecule has 0 aliphatic rings. The predicted octanol–water partition coefficient (Wildman–Crippen LogP) is 17.2. The first-order valence-electron chi connectivity index (χ1n) is 22.0. The molecular formula is C62H42N2. The second-order valence-electron chi connectivity index (χ2n) is 16.5. The van der Waals surface area contributed by atoms with Crippen LogP contribution in [-0.4, -0.2) is 4.57 Å². The number of fused-ring (bicyclic) bond motifs is 5. The zero-order valence-electron chi connectivity index (χ0n) is 35.1. The lowest BCUT2D eigenvalue weighted by atomic mass is 9.92. The highest BCUT2D eigenvalue weighted by atomic mass is 15.2. The van der Waals surface area contributed by atoms with E-state index in [2.05, 4.69) is 264 Å². The van der Waals surface area contributed by atoms with Gasteiger partial charge in [0, 0.05) is 22.0 Å². The first-order chi connectivity index (χ1) is 31.8. The molecule has 0 aliphatic heterocycles. The number of rotatable bonds is 8. The van der Waals surface area contributed by atoms with Gasteiger partial charge < -0.3 is 9.47 Å². The molecule has 11 aromatic carbocycles. The minimum absolute atomic E-state index is 1.06. The molecule has 1 aromatic heterocycles. The van der Waals surface area contributed by atoms with Crippen molar-refractivity contribution in [3.05, 3.63) is 255 Å². The predicted molar refractivity (Wildman–Crippen MR) is 272 cm³/mol. The smallest absolute Gasteiger partial charge is 0.0702 e. The van der Waals surface area contributed by atoms with E-state index in [9.17, 15) is 0 Å². The van der Waals surface area contributed by atoms with Crippen LogP contribution >= 0.6 is 0 Å². The van der Waals surface area contributed by atoms with Crippen LogP contribution in [-0.2, 0) is 0 Å². The van der Waals surface area contributed by atoms with Gasteiger partial charge in [0.05, 0.1) is 28.1 Å². The maximum atomic E-state index is 2.49. The molecule has 0 saturated heterocycles. The van der Waals surface area contributed by atoms with Crippen molar-refractivity contribution in [2.24, 2.45) is 0 Å². The molecule has 0 aliphatic carbocycles. The molecule has 64 heavy (non-hydrogen) atoms. The van der Waals surface area contributed by atoms with E-state index < -0.39 is 0 Å². The molecule has 0 amide bonds. The van der Waals surface area contributed by atoms with Gasteiger partial charge in [-0.1, -0.05) is 212 Å². The summed E-state index contributed by atoms with van der Waals surface area (Å²) in [6.07, 6.45) is 0. The average molecular weight is 815 g/mol. The Bertz CT molecular complexity index is 3590. The Kier molecular flexibility index (Phi) is 9.20. The van der Waals surface area contributed by atoms with Crippen LogP contribution in [0.15, 0.2) is 255 Å². The zero-order valence-corrected chi connectivity index (χ0v) is 35.1. The minimum Gasteiger partial charge on any atom is -0.308 e. The molecule has 0 spiro atoms. The summed E-state index contributed by atoms with van der Waals surface area (Å²) in [7, 11) is 0. The van der Waals surface area contributed by atoms with Crippen molar-refractivity contribution < 1.29 is 0 Å². The third-order valence-corrected chi connectivity index (χ3v) is 12.8. The van der Waals surface area contributed by atoms with Gasteiger partial charge in [0.1, 0.15) is 0 Å². The third kappa shape index (κ3) is 6.44. The molecule has 0 saturated carbocycles. The quantitative estimate of drug-likeness (QED) is 0.148. The number of benzene rings is 11. The molecule has 0 unspecified atom stereocenters. The van der Waals surface area contributed by atoms with Gasteiger partial charge in [-0.25, -0.2) is 0 Å². The Balaban J connectivity index is 1.12. The molecule has 0 fully saturated rings. The molecule has 0 N–H and O–H groups in total. The van der Waals surface area contributed by atoms with Crippen molar-refractivity contribution in [2.75, 3.05) is 4.90 Å². The molecule has 12 rings (SSSR count). The molecule has 1 heterocycles. The van der Waals surface area contributed by atoms with Crippen LogP contribution in [0.5, 0.6) is 0 Å². The SMILES string of the molecule is c1ccc(-c2ccc(-c3ccc(N(c4cc(-c5cccc6ccccc56)ccc4-c4cccc5ccccc45)c4ccccc4-n4c5ccccc5c5ccccc54)cc3)cc2)cc1. The van der Waals surface area contributed by atoms with Gasteiger partial charge in [-0.3, -0.25) is 0 Å². The van der Waals surface area contributed by atoms with E-state index in [0.29, 0.717) is 0 Å². The van der Waals surface area contributed by atoms with Gasteiger partial charge >= 0.3 is 0 Å². The molecule has 0 bridgehead atoms. The first kappa shape index (κ1) is 37.3. The van der Waals surface area contributed by atoms with Crippen molar-refractivity contribution in [1.29, 1.82) is 0 Å². The lowest BCUT2D eigenvalue weighted by molar-refractivity contribution is 1.15. The average Bonchev–Trinajstić information content (AvgIpc) is 3.71. The van der Waals surface area contributed by atoms with E-state index >= 15 is 0 Å². The number of aromatic nitrogens is 1. The van der Waals surface area contributed by atoms with Crippen LogP contribution in [0.3, 0.4) is 0 Å². The first-order valence-corrected chi connectivity index (χ1v) is 22.0. The molecule has 12 aromatic rings. The van der Waals surface area contributed by atoms with Crippen molar-refractivity contribution in [2.45, 2.75) is 0 Å². The van der Waals surface area contributed by atoms with Crippen molar-refractivity contribution in [3.8, 4) is 50.2 Å². The third-order valence-electron chi connectivity index (χ3n) is 12.8. The van der Waals surface area contributed by atoms with Crippen LogP contribution in [0.1, 0.15) is 0 Å². The van der Waals surface area contributed by atoms with Crippen molar-refractivity contribution >= 4 is 60.4 Å². The second kappa shape index (κ2) is 15.8. The maximum absolute atomic E-state index is 2.49. The molecule has 2 nitrogen and oxygen atoms in total. The number of hydrogen-bond donors (Lipinski definition) is 0. The second-order valence-corrected chi connectivity index (χ2v) is 16.5. The summed E-state index contributed by atoms with van der Waals surface area (Å²) in [5, 5.41) is 7.35. The van der Waals surface area contributed by atoms with E-state index in [1.165, 1.54) is 71.2 Å². The van der Waals surface area contributed by atoms with Gasteiger partial charge in [0.15, 0.2) is 0 Å². The standard InChI is InChI=1S/C62H42N2/c1-2-16-43(17-3-1)44-32-34-45(35-33-44)46-36-39-50(40-37-46)63(60-30-12-13-31-61(60)64-58-28-10-8-24-55(58)56-25-9-11-29-59(56)64)62-42-49(53-26-14-20-47-18-4-6-22-51(47)53)38-41-57(62)54-27-15-21-48-19-5-7-23-52(48)54/h1-42H. The van der Waals surface area contributed by atoms with Gasteiger partial charge in [0.25, 0.3) is 0 Å². The molecule has 0 radical (unpaired) electrons. The summed E-state index contributed by atoms with van der Waals surface area (Å²) in [4.78, 5) is 2.49. The van der Waals surface area contributed by atoms with Gasteiger partial charge in [-0.05, 0) is 103 Å². The van der Waals surface area contributed by atoms with Crippen LogP contribution in [0.25, 0.3) is 93.5 Å². The number of nitrogens with zero attached hydrogens (tertiary/aromatic N) is 2. The highest BCUT2D eigenvalue weighted by Gasteiger charge is 2.24. The molecular weight excluding hydrogens is 773 g/mol. The Morgan fingerprint density at radius 1 is 0.266 bits per heavy atom. The fourth-order valence-corrected chi connectivity index (χ4v) is 9.77. The summed E-state index contributed by atoms with van der Waals surface area (Å²) in [5.41, 5.74) is 16.1. The van der Waals surface area contributed by atoms with E-state index in [1.807, 2.05) is 0 Å². The van der Waals surface area contributed by atoms with E-state index in [0.717, 1.165) is 39.4 Å². The highest BCUT2D eigenvalue weighted by molar-refractivity contribution is 6.10. The van der Waals surface area contributed by atoms with E-state index in [1.54, 1.807) is 0 Å². The zero-order chi connectivity index (χ0) is 42.4. The van der Waals surface area contributed by atoms with Crippen LogP contribution in [0.2, 0.25) is 0 Å². The number of para-hydroxylation sites is 4. The molecule has 2 heteroatoms. The van der Waals surface area contributed by atoms with Crippen LogP contribution < -0.4 is 4.90 Å². The Morgan fingerprint density at radius 2 is 0.719 bits per heavy atom.